The Hall–Kier alpha value is -1.19. The molecule has 1 aromatic carbocycles. The second kappa shape index (κ2) is 5.63. The SMILES string of the molecule is NC(=O)/C=C\c1cc(Cl)c(N2CCCC2)c(Cl)c1. The van der Waals surface area contributed by atoms with Crippen molar-refractivity contribution in [2.75, 3.05) is 18.0 Å². The van der Waals surface area contributed by atoms with Gasteiger partial charge in [0.05, 0.1) is 15.7 Å². The van der Waals surface area contributed by atoms with Gasteiger partial charge in [-0.2, -0.15) is 0 Å². The number of anilines is 1. The third-order valence-electron chi connectivity index (χ3n) is 2.90. The number of primary amides is 1. The highest BCUT2D eigenvalue weighted by Gasteiger charge is 2.18. The van der Waals surface area contributed by atoms with Crippen LogP contribution in [-0.2, 0) is 4.79 Å². The van der Waals surface area contributed by atoms with Crippen LogP contribution in [0.15, 0.2) is 18.2 Å². The van der Waals surface area contributed by atoms with Crippen LogP contribution >= 0.6 is 23.2 Å². The standard InChI is InChI=1S/C13H14Cl2N2O/c14-10-7-9(3-4-12(16)18)8-11(15)13(10)17-5-1-2-6-17/h3-4,7-8H,1-2,5-6H2,(H2,16,18)/b4-3-. The molecule has 0 aromatic heterocycles. The Balaban J connectivity index is 2.31. The van der Waals surface area contributed by atoms with Crippen LogP contribution in [-0.4, -0.2) is 19.0 Å². The quantitative estimate of drug-likeness (QED) is 0.867. The van der Waals surface area contributed by atoms with Crippen molar-refractivity contribution >= 4 is 40.9 Å². The average Bonchev–Trinajstić information content (AvgIpc) is 2.79. The highest BCUT2D eigenvalue weighted by Crippen LogP contribution is 2.37. The van der Waals surface area contributed by atoms with Crippen LogP contribution in [0.5, 0.6) is 0 Å². The molecule has 0 spiro atoms. The monoisotopic (exact) mass is 284 g/mol. The Morgan fingerprint density at radius 3 is 2.28 bits per heavy atom. The van der Waals surface area contributed by atoms with E-state index in [4.69, 9.17) is 28.9 Å². The molecule has 96 valence electrons. The number of nitrogens with two attached hydrogens (primary N) is 1. The van der Waals surface area contributed by atoms with Gasteiger partial charge in [-0.3, -0.25) is 4.79 Å². The summed E-state index contributed by atoms with van der Waals surface area (Å²) in [5.41, 5.74) is 6.70. The molecular formula is C13H14Cl2N2O. The van der Waals surface area contributed by atoms with Gasteiger partial charge < -0.3 is 10.6 Å². The van der Waals surface area contributed by atoms with Crippen molar-refractivity contribution in [1.82, 2.24) is 0 Å². The summed E-state index contributed by atoms with van der Waals surface area (Å²) in [5.74, 6) is -0.495. The van der Waals surface area contributed by atoms with Crippen LogP contribution in [0.3, 0.4) is 0 Å². The number of carbonyl (C=O) groups is 1. The number of halogens is 2. The third kappa shape index (κ3) is 2.98. The summed E-state index contributed by atoms with van der Waals surface area (Å²) in [6.45, 7) is 1.96. The zero-order valence-corrected chi connectivity index (χ0v) is 11.3. The molecule has 1 fully saturated rings. The van der Waals surface area contributed by atoms with E-state index in [0.29, 0.717) is 10.0 Å². The fraction of sp³-hybridized carbons (Fsp3) is 0.308. The van der Waals surface area contributed by atoms with Gasteiger partial charge in [0.25, 0.3) is 0 Å². The van der Waals surface area contributed by atoms with E-state index in [1.807, 2.05) is 0 Å². The molecule has 2 N–H and O–H groups in total. The number of carbonyl (C=O) groups excluding carboxylic acids is 1. The van der Waals surface area contributed by atoms with Crippen molar-refractivity contribution in [3.05, 3.63) is 33.8 Å². The Bertz CT molecular complexity index is 471. The molecule has 2 rings (SSSR count). The van der Waals surface area contributed by atoms with Crippen LogP contribution in [0, 0.1) is 0 Å². The van der Waals surface area contributed by atoms with E-state index in [9.17, 15) is 4.79 Å². The van der Waals surface area contributed by atoms with E-state index in [1.54, 1.807) is 18.2 Å². The molecule has 5 heteroatoms. The smallest absolute Gasteiger partial charge is 0.241 e. The number of hydrogen-bond acceptors (Lipinski definition) is 2. The summed E-state index contributed by atoms with van der Waals surface area (Å²) >= 11 is 12.5. The minimum atomic E-state index is -0.495. The first kappa shape index (κ1) is 13.2. The maximum atomic E-state index is 10.7. The molecule has 1 saturated heterocycles. The van der Waals surface area contributed by atoms with Crippen molar-refractivity contribution < 1.29 is 4.79 Å². The predicted octanol–water partition coefficient (Wildman–Crippen LogP) is 3.09. The molecule has 1 aliphatic rings. The van der Waals surface area contributed by atoms with E-state index in [2.05, 4.69) is 4.90 Å². The highest BCUT2D eigenvalue weighted by molar-refractivity contribution is 6.39. The molecule has 0 aliphatic carbocycles. The second-order valence-electron chi connectivity index (χ2n) is 4.26. The molecule has 3 nitrogen and oxygen atoms in total. The zero-order valence-electron chi connectivity index (χ0n) is 9.83. The van der Waals surface area contributed by atoms with Crippen LogP contribution in [0.2, 0.25) is 10.0 Å². The van der Waals surface area contributed by atoms with Crippen LogP contribution in [0.1, 0.15) is 18.4 Å². The number of nitrogens with zero attached hydrogens (tertiary/aromatic N) is 1. The van der Waals surface area contributed by atoms with Gasteiger partial charge in [0.2, 0.25) is 5.91 Å². The van der Waals surface area contributed by atoms with Gasteiger partial charge in [-0.05, 0) is 36.6 Å². The molecule has 0 atom stereocenters. The Morgan fingerprint density at radius 2 is 1.78 bits per heavy atom. The number of hydrogen-bond donors (Lipinski definition) is 1. The summed E-state index contributed by atoms with van der Waals surface area (Å²) in [6, 6.07) is 3.58. The van der Waals surface area contributed by atoms with Crippen molar-refractivity contribution in [1.29, 1.82) is 0 Å². The molecule has 0 unspecified atom stereocenters. The van der Waals surface area contributed by atoms with E-state index in [0.717, 1.165) is 37.2 Å². The van der Waals surface area contributed by atoms with E-state index >= 15 is 0 Å². The lowest BCUT2D eigenvalue weighted by molar-refractivity contribution is -0.113. The fourth-order valence-electron chi connectivity index (χ4n) is 2.10. The fourth-order valence-corrected chi connectivity index (χ4v) is 2.85. The zero-order chi connectivity index (χ0) is 13.1. The van der Waals surface area contributed by atoms with Crippen molar-refractivity contribution in [3.8, 4) is 0 Å². The molecule has 1 heterocycles. The van der Waals surface area contributed by atoms with Gasteiger partial charge in [-0.1, -0.05) is 23.2 Å². The summed E-state index contributed by atoms with van der Waals surface area (Å²) in [6.07, 6.45) is 5.22. The third-order valence-corrected chi connectivity index (χ3v) is 3.48. The maximum absolute atomic E-state index is 10.7. The topological polar surface area (TPSA) is 46.3 Å². The van der Waals surface area contributed by atoms with Crippen molar-refractivity contribution in [3.63, 3.8) is 0 Å². The van der Waals surface area contributed by atoms with Gasteiger partial charge >= 0.3 is 0 Å². The summed E-state index contributed by atoms with van der Waals surface area (Å²) < 4.78 is 0. The highest BCUT2D eigenvalue weighted by atomic mass is 35.5. The second-order valence-corrected chi connectivity index (χ2v) is 5.08. The Kier molecular flexibility index (Phi) is 4.15. The number of benzene rings is 1. The Morgan fingerprint density at radius 1 is 1.22 bits per heavy atom. The average molecular weight is 285 g/mol. The lowest BCUT2D eigenvalue weighted by Gasteiger charge is -2.21. The van der Waals surface area contributed by atoms with E-state index in [1.165, 1.54) is 6.08 Å². The first-order valence-corrected chi connectivity index (χ1v) is 6.55. The lowest BCUT2D eigenvalue weighted by Crippen LogP contribution is -2.18. The van der Waals surface area contributed by atoms with Gasteiger partial charge in [0.15, 0.2) is 0 Å². The number of amides is 1. The summed E-state index contributed by atoms with van der Waals surface area (Å²) in [7, 11) is 0. The molecule has 0 radical (unpaired) electrons. The largest absolute Gasteiger partial charge is 0.369 e. The maximum Gasteiger partial charge on any atom is 0.241 e. The first-order valence-electron chi connectivity index (χ1n) is 5.79. The normalized spacial score (nSPS) is 15.6. The molecule has 1 aliphatic heterocycles. The van der Waals surface area contributed by atoms with Crippen LogP contribution in [0.25, 0.3) is 6.08 Å². The van der Waals surface area contributed by atoms with E-state index in [-0.39, 0.29) is 0 Å². The van der Waals surface area contributed by atoms with Gasteiger partial charge in [0.1, 0.15) is 0 Å². The molecule has 0 saturated carbocycles. The van der Waals surface area contributed by atoms with Gasteiger partial charge in [-0.15, -0.1) is 0 Å². The summed E-state index contributed by atoms with van der Waals surface area (Å²) in [5, 5.41) is 1.21. The minimum Gasteiger partial charge on any atom is -0.369 e. The predicted molar refractivity (Wildman–Crippen MR) is 76.1 cm³/mol. The molecule has 1 amide bonds. The van der Waals surface area contributed by atoms with Gasteiger partial charge in [-0.25, -0.2) is 0 Å². The lowest BCUT2D eigenvalue weighted by atomic mass is 10.1. The molecule has 18 heavy (non-hydrogen) atoms. The number of rotatable bonds is 3. The molecular weight excluding hydrogens is 271 g/mol. The van der Waals surface area contributed by atoms with Crippen LogP contribution < -0.4 is 10.6 Å². The first-order chi connectivity index (χ1) is 8.58. The van der Waals surface area contributed by atoms with E-state index < -0.39 is 5.91 Å². The molecule has 1 aromatic rings. The van der Waals surface area contributed by atoms with Crippen molar-refractivity contribution in [2.45, 2.75) is 12.8 Å². The van der Waals surface area contributed by atoms with Gasteiger partial charge in [0, 0.05) is 19.2 Å². The van der Waals surface area contributed by atoms with Crippen LogP contribution in [0.4, 0.5) is 5.69 Å². The minimum absolute atomic E-state index is 0.495. The summed E-state index contributed by atoms with van der Waals surface area (Å²) in [4.78, 5) is 12.9. The van der Waals surface area contributed by atoms with Crippen molar-refractivity contribution in [2.24, 2.45) is 5.73 Å². The molecule has 0 bridgehead atoms. The Labute approximate surface area is 116 Å².